The van der Waals surface area contributed by atoms with Crippen LogP contribution in [-0.4, -0.2) is 10.4 Å². The molecule has 0 heterocycles. The Kier molecular flexibility index (Phi) is 6.93. The van der Waals surface area contributed by atoms with Crippen molar-refractivity contribution in [1.82, 2.24) is 0 Å². The van der Waals surface area contributed by atoms with Crippen LogP contribution >= 0.6 is 34.4 Å². The van der Waals surface area contributed by atoms with Gasteiger partial charge >= 0.3 is 0 Å². The topological polar surface area (TPSA) is 20.2 Å². The number of thioether (sulfide) groups is 1. The molecule has 1 aromatic rings. The van der Waals surface area contributed by atoms with E-state index in [4.69, 9.17) is 0 Å². The fourth-order valence-electron chi connectivity index (χ4n) is 2.99. The molecular weight excluding hydrogens is 403 g/mol. The zero-order chi connectivity index (χ0) is 16.2. The molecule has 0 amide bonds. The van der Waals surface area contributed by atoms with Crippen LogP contribution in [0.3, 0.4) is 0 Å². The average Bonchev–Trinajstić information content (AvgIpc) is 2.40. The Morgan fingerprint density at radius 3 is 2.27 bits per heavy atom. The molecule has 0 aliphatic heterocycles. The van der Waals surface area contributed by atoms with Crippen molar-refractivity contribution in [2.24, 2.45) is 0 Å². The van der Waals surface area contributed by atoms with Gasteiger partial charge in [0.2, 0.25) is 0 Å². The van der Waals surface area contributed by atoms with Gasteiger partial charge in [0, 0.05) is 16.6 Å². The summed E-state index contributed by atoms with van der Waals surface area (Å²) < 4.78 is 0.985. The summed E-state index contributed by atoms with van der Waals surface area (Å²) in [6.45, 7) is 6.71. The van der Waals surface area contributed by atoms with Crippen molar-refractivity contribution in [3.05, 3.63) is 26.8 Å². The van der Waals surface area contributed by atoms with E-state index in [1.165, 1.54) is 50.5 Å². The zero-order valence-electron chi connectivity index (χ0n) is 14.1. The van der Waals surface area contributed by atoms with Gasteiger partial charge in [0.25, 0.3) is 0 Å². The Labute approximate surface area is 153 Å². The quantitative estimate of drug-likeness (QED) is 0.541. The fraction of sp³-hybridized carbons (Fsp3) is 0.684. The summed E-state index contributed by atoms with van der Waals surface area (Å²) in [5.41, 5.74) is 2.57. The Balaban J connectivity index is 2.06. The third-order valence-corrected chi connectivity index (χ3v) is 6.78. The summed E-state index contributed by atoms with van der Waals surface area (Å²) >= 11 is 4.31. The normalized spacial score (nSPS) is 18.0. The standard InChI is InChI=1S/C19H29IOS/c1-19(2,3)15-11-14(18(21)17(20)12-15)13-22-16-9-7-5-4-6-8-10-16/h11-12,16,21H,4-10,13H2,1-3H3. The molecular formula is C19H29IOS. The summed E-state index contributed by atoms with van der Waals surface area (Å²) in [5.74, 6) is 1.43. The SMILES string of the molecule is CC(C)(C)c1cc(I)c(O)c(CSC2CCCCCCC2)c1. The van der Waals surface area contributed by atoms with Crippen LogP contribution in [0.15, 0.2) is 12.1 Å². The number of halogens is 1. The van der Waals surface area contributed by atoms with Crippen LogP contribution in [0.1, 0.15) is 76.8 Å². The Morgan fingerprint density at radius 2 is 1.68 bits per heavy atom. The second kappa shape index (κ2) is 8.27. The number of phenolic OH excluding ortho intramolecular Hbond substituents is 1. The molecule has 1 aromatic carbocycles. The van der Waals surface area contributed by atoms with E-state index in [-0.39, 0.29) is 5.41 Å². The van der Waals surface area contributed by atoms with Crippen molar-refractivity contribution >= 4 is 34.4 Å². The minimum atomic E-state index is 0.132. The van der Waals surface area contributed by atoms with E-state index in [1.54, 1.807) is 0 Å². The molecule has 0 aromatic heterocycles. The number of rotatable bonds is 3. The molecule has 1 aliphatic rings. The van der Waals surface area contributed by atoms with E-state index >= 15 is 0 Å². The van der Waals surface area contributed by atoms with Crippen LogP contribution in [0.2, 0.25) is 0 Å². The second-order valence-electron chi connectivity index (χ2n) is 7.49. The van der Waals surface area contributed by atoms with Gasteiger partial charge in [-0.25, -0.2) is 0 Å². The predicted octanol–water partition coefficient (Wildman–Crippen LogP) is 6.64. The van der Waals surface area contributed by atoms with Crippen molar-refractivity contribution in [3.63, 3.8) is 0 Å². The predicted molar refractivity (Wildman–Crippen MR) is 107 cm³/mol. The Morgan fingerprint density at radius 1 is 1.09 bits per heavy atom. The molecule has 0 unspecified atom stereocenters. The molecule has 0 saturated heterocycles. The first-order valence-corrected chi connectivity index (χ1v) is 10.6. The third kappa shape index (κ3) is 5.33. The highest BCUT2D eigenvalue weighted by Crippen LogP contribution is 2.36. The van der Waals surface area contributed by atoms with Crippen LogP contribution < -0.4 is 0 Å². The van der Waals surface area contributed by atoms with Crippen LogP contribution in [0.4, 0.5) is 0 Å². The van der Waals surface area contributed by atoms with E-state index in [0.717, 1.165) is 20.1 Å². The Bertz CT molecular complexity index is 485. The van der Waals surface area contributed by atoms with Crippen molar-refractivity contribution in [2.45, 2.75) is 82.1 Å². The lowest BCUT2D eigenvalue weighted by Gasteiger charge is -2.23. The average molecular weight is 432 g/mol. The maximum absolute atomic E-state index is 10.4. The lowest BCUT2D eigenvalue weighted by molar-refractivity contribution is 0.465. The van der Waals surface area contributed by atoms with Gasteiger partial charge < -0.3 is 5.11 Å². The maximum atomic E-state index is 10.4. The number of aromatic hydroxyl groups is 1. The highest BCUT2D eigenvalue weighted by atomic mass is 127. The highest BCUT2D eigenvalue weighted by molar-refractivity contribution is 14.1. The molecule has 124 valence electrons. The van der Waals surface area contributed by atoms with E-state index in [0.29, 0.717) is 5.75 Å². The summed E-state index contributed by atoms with van der Waals surface area (Å²) in [6.07, 6.45) is 9.68. The lowest BCUT2D eigenvalue weighted by atomic mass is 9.86. The fourth-order valence-corrected chi connectivity index (χ4v) is 4.98. The number of hydrogen-bond acceptors (Lipinski definition) is 2. The number of hydrogen-bond donors (Lipinski definition) is 1. The lowest BCUT2D eigenvalue weighted by Crippen LogP contribution is -2.12. The van der Waals surface area contributed by atoms with Gasteiger partial charge in [0.1, 0.15) is 5.75 Å². The van der Waals surface area contributed by atoms with Crippen molar-refractivity contribution < 1.29 is 5.11 Å². The molecule has 1 saturated carbocycles. The van der Waals surface area contributed by atoms with E-state index in [1.807, 2.05) is 0 Å². The first kappa shape index (κ1) is 18.4. The van der Waals surface area contributed by atoms with E-state index in [9.17, 15) is 5.11 Å². The third-order valence-electron chi connectivity index (χ3n) is 4.54. The monoisotopic (exact) mass is 432 g/mol. The molecule has 2 rings (SSSR count). The molecule has 0 spiro atoms. The van der Waals surface area contributed by atoms with Crippen LogP contribution in [-0.2, 0) is 11.2 Å². The molecule has 22 heavy (non-hydrogen) atoms. The van der Waals surface area contributed by atoms with Crippen LogP contribution in [0.25, 0.3) is 0 Å². The second-order valence-corrected chi connectivity index (χ2v) is 9.94. The first-order chi connectivity index (χ1) is 10.4. The molecule has 1 fully saturated rings. The van der Waals surface area contributed by atoms with Crippen molar-refractivity contribution in [1.29, 1.82) is 0 Å². The minimum Gasteiger partial charge on any atom is -0.507 e. The minimum absolute atomic E-state index is 0.132. The van der Waals surface area contributed by atoms with Gasteiger partial charge in [-0.2, -0.15) is 11.8 Å². The number of phenols is 1. The molecule has 0 atom stereocenters. The highest BCUT2D eigenvalue weighted by Gasteiger charge is 2.19. The van der Waals surface area contributed by atoms with Crippen molar-refractivity contribution in [3.8, 4) is 5.75 Å². The molecule has 3 heteroatoms. The Hall–Kier alpha value is 0.1000. The summed E-state index contributed by atoms with van der Waals surface area (Å²) in [7, 11) is 0. The zero-order valence-corrected chi connectivity index (χ0v) is 17.1. The van der Waals surface area contributed by atoms with Gasteiger partial charge in [0.05, 0.1) is 3.57 Å². The van der Waals surface area contributed by atoms with Gasteiger partial charge in [-0.1, -0.05) is 58.9 Å². The van der Waals surface area contributed by atoms with Gasteiger partial charge in [-0.15, -0.1) is 0 Å². The summed E-state index contributed by atoms with van der Waals surface area (Å²) in [4.78, 5) is 0. The van der Waals surface area contributed by atoms with E-state index < -0.39 is 0 Å². The summed E-state index contributed by atoms with van der Waals surface area (Å²) in [5, 5.41) is 11.2. The molecule has 0 bridgehead atoms. The van der Waals surface area contributed by atoms with Gasteiger partial charge in [-0.3, -0.25) is 0 Å². The van der Waals surface area contributed by atoms with Gasteiger partial charge in [0.15, 0.2) is 0 Å². The molecule has 1 aliphatic carbocycles. The van der Waals surface area contributed by atoms with Crippen LogP contribution in [0.5, 0.6) is 5.75 Å². The maximum Gasteiger partial charge on any atom is 0.132 e. The van der Waals surface area contributed by atoms with Crippen LogP contribution in [0, 0.1) is 3.57 Å². The van der Waals surface area contributed by atoms with Gasteiger partial charge in [-0.05, 0) is 52.5 Å². The number of benzene rings is 1. The molecule has 1 nitrogen and oxygen atoms in total. The first-order valence-electron chi connectivity index (χ1n) is 8.51. The molecule has 0 radical (unpaired) electrons. The smallest absolute Gasteiger partial charge is 0.132 e. The van der Waals surface area contributed by atoms with E-state index in [2.05, 4.69) is 67.3 Å². The molecule has 1 N–H and O–H groups in total. The van der Waals surface area contributed by atoms with Crippen molar-refractivity contribution in [2.75, 3.05) is 0 Å². The largest absolute Gasteiger partial charge is 0.507 e. The summed E-state index contributed by atoms with van der Waals surface area (Å²) in [6, 6.07) is 4.34.